The van der Waals surface area contributed by atoms with Crippen molar-refractivity contribution >= 4 is 52.4 Å². The maximum absolute atomic E-state index is 13.1. The Bertz CT molecular complexity index is 1250. The molecule has 0 spiro atoms. The minimum Gasteiger partial charge on any atom is -0.497 e. The van der Waals surface area contributed by atoms with Gasteiger partial charge in [-0.1, -0.05) is 77.3 Å². The summed E-state index contributed by atoms with van der Waals surface area (Å²) in [7, 11) is 1.58. The number of methoxy groups -OCH3 is 1. The summed E-state index contributed by atoms with van der Waals surface area (Å²) in [6.45, 7) is -0.560. The molecule has 1 atom stereocenters. The first-order chi connectivity index (χ1) is 16.4. The van der Waals surface area contributed by atoms with Gasteiger partial charge in [-0.2, -0.15) is 5.10 Å². The van der Waals surface area contributed by atoms with E-state index < -0.39 is 18.5 Å². The maximum atomic E-state index is 13.1. The number of halogens is 3. The summed E-state index contributed by atoms with van der Waals surface area (Å²) in [5, 5.41) is 5.82. The minimum atomic E-state index is -0.899. The summed E-state index contributed by atoms with van der Waals surface area (Å²) < 4.78 is 10.4. The Kier molecular flexibility index (Phi) is 7.36. The Balaban J connectivity index is 1.55. The van der Waals surface area contributed by atoms with Gasteiger partial charge in [0, 0.05) is 12.6 Å². The van der Waals surface area contributed by atoms with Crippen molar-refractivity contribution in [1.82, 2.24) is 9.99 Å². The molecule has 2 heterocycles. The highest BCUT2D eigenvalue weighted by Crippen LogP contribution is 2.34. The van der Waals surface area contributed by atoms with E-state index in [0.717, 1.165) is 16.8 Å². The first-order valence-electron chi connectivity index (χ1n) is 10.1. The third-order valence-corrected chi connectivity index (χ3v) is 6.45. The van der Waals surface area contributed by atoms with Crippen molar-refractivity contribution in [1.29, 1.82) is 0 Å². The second-order valence-corrected chi connectivity index (χ2v) is 8.47. The number of hydrazone groups is 1. The Morgan fingerprint density at radius 2 is 1.74 bits per heavy atom. The molecule has 10 heteroatoms. The topological polar surface area (TPSA) is 81.1 Å². The smallest absolute Gasteiger partial charge is 0.359 e. The molecule has 174 valence electrons. The van der Waals surface area contributed by atoms with Gasteiger partial charge in [-0.25, -0.2) is 14.8 Å². The van der Waals surface area contributed by atoms with E-state index in [2.05, 4.69) is 10.1 Å². The van der Waals surface area contributed by atoms with Gasteiger partial charge in [0.2, 0.25) is 0 Å². The van der Waals surface area contributed by atoms with E-state index in [1.165, 1.54) is 11.2 Å². The van der Waals surface area contributed by atoms with Crippen molar-refractivity contribution in [2.75, 3.05) is 13.7 Å². The van der Waals surface area contributed by atoms with Gasteiger partial charge in [0.25, 0.3) is 5.91 Å². The van der Waals surface area contributed by atoms with E-state index in [4.69, 9.17) is 44.3 Å². The van der Waals surface area contributed by atoms with Crippen LogP contribution < -0.4 is 4.74 Å². The number of nitrogens with zero attached hydrogens (tertiary/aromatic N) is 3. The van der Waals surface area contributed by atoms with E-state index in [1.807, 2.05) is 54.6 Å². The summed E-state index contributed by atoms with van der Waals surface area (Å²) in [6.07, 6.45) is 1.68. The molecule has 7 nitrogen and oxygen atoms in total. The minimum absolute atomic E-state index is 0.0205. The molecule has 0 saturated carbocycles. The summed E-state index contributed by atoms with van der Waals surface area (Å²) >= 11 is 17.9. The molecule has 1 aromatic heterocycles. The lowest BCUT2D eigenvalue weighted by molar-refractivity contribution is -0.136. The summed E-state index contributed by atoms with van der Waals surface area (Å²) in [5.74, 6) is -0.704. The fourth-order valence-corrected chi connectivity index (χ4v) is 4.04. The molecular formula is C24H18Cl3N3O4. The highest BCUT2D eigenvalue weighted by molar-refractivity contribution is 6.48. The molecule has 0 N–H and O–H groups in total. The van der Waals surface area contributed by atoms with Crippen LogP contribution in [-0.4, -0.2) is 41.3 Å². The van der Waals surface area contributed by atoms with Crippen LogP contribution in [0.3, 0.4) is 0 Å². The number of esters is 1. The zero-order chi connectivity index (χ0) is 24.2. The van der Waals surface area contributed by atoms with Crippen molar-refractivity contribution in [3.63, 3.8) is 0 Å². The van der Waals surface area contributed by atoms with Crippen LogP contribution >= 0.6 is 34.8 Å². The molecule has 34 heavy (non-hydrogen) atoms. The lowest BCUT2D eigenvalue weighted by Crippen LogP contribution is -2.31. The molecule has 0 bridgehead atoms. The summed E-state index contributed by atoms with van der Waals surface area (Å²) in [5.41, 5.74) is 2.28. The molecule has 0 unspecified atom stereocenters. The van der Waals surface area contributed by atoms with Crippen molar-refractivity contribution < 1.29 is 19.1 Å². The molecule has 1 aliphatic heterocycles. The van der Waals surface area contributed by atoms with Gasteiger partial charge >= 0.3 is 5.97 Å². The Hall–Kier alpha value is -3.13. The van der Waals surface area contributed by atoms with Crippen molar-refractivity contribution in [3.05, 3.63) is 92.7 Å². The predicted octanol–water partition coefficient (Wildman–Crippen LogP) is 5.59. The highest BCUT2D eigenvalue weighted by atomic mass is 35.5. The lowest BCUT2D eigenvalue weighted by atomic mass is 9.98. The van der Waals surface area contributed by atoms with Gasteiger partial charge in [-0.15, -0.1) is 0 Å². The van der Waals surface area contributed by atoms with E-state index in [0.29, 0.717) is 12.2 Å². The lowest BCUT2D eigenvalue weighted by Gasteiger charge is -2.22. The third-order valence-electron chi connectivity index (χ3n) is 5.21. The number of aromatic nitrogens is 1. The van der Waals surface area contributed by atoms with Gasteiger partial charge < -0.3 is 9.47 Å². The SMILES string of the molecule is COc1ccc([C@H]2CC(c3ccccc3)=NN2C(=O)COC(=O)c2ncc(Cl)c(Cl)c2Cl)cc1. The van der Waals surface area contributed by atoms with Crippen LogP contribution in [0.15, 0.2) is 65.9 Å². The third kappa shape index (κ3) is 5.01. The standard InChI is InChI=1S/C24H18Cl3N3O4/c1-33-16-9-7-15(8-10-16)19-11-18(14-5-3-2-4-6-14)29-30(19)20(31)13-34-24(32)23-22(27)21(26)17(25)12-28-23/h2-10,12,19H,11,13H2,1H3/t19-/m1/s1. The average Bonchev–Trinajstić information content (AvgIpc) is 3.32. The van der Waals surface area contributed by atoms with Gasteiger partial charge in [0.05, 0.1) is 33.9 Å². The number of amides is 1. The number of pyridine rings is 1. The molecule has 0 fully saturated rings. The normalized spacial score (nSPS) is 15.1. The number of rotatable bonds is 6. The van der Waals surface area contributed by atoms with E-state index in [-0.39, 0.29) is 26.8 Å². The van der Waals surface area contributed by atoms with E-state index in [1.54, 1.807) is 7.11 Å². The van der Waals surface area contributed by atoms with Crippen LogP contribution in [0, 0.1) is 0 Å². The zero-order valence-corrected chi connectivity index (χ0v) is 20.1. The zero-order valence-electron chi connectivity index (χ0n) is 17.9. The molecule has 3 aromatic rings. The van der Waals surface area contributed by atoms with Crippen LogP contribution in [0.5, 0.6) is 5.75 Å². The van der Waals surface area contributed by atoms with E-state index in [9.17, 15) is 9.59 Å². The largest absolute Gasteiger partial charge is 0.497 e. The first-order valence-corrected chi connectivity index (χ1v) is 11.3. The second kappa shape index (κ2) is 10.4. The molecule has 1 aliphatic rings. The first kappa shape index (κ1) is 24.0. The number of carbonyl (C=O) groups is 2. The molecule has 0 aliphatic carbocycles. The fraction of sp³-hybridized carbons (Fsp3) is 0.167. The van der Waals surface area contributed by atoms with Gasteiger partial charge in [-0.05, 0) is 23.3 Å². The number of hydrogen-bond acceptors (Lipinski definition) is 6. The van der Waals surface area contributed by atoms with Crippen molar-refractivity contribution in [3.8, 4) is 5.75 Å². The number of ether oxygens (including phenoxy) is 2. The molecular weight excluding hydrogens is 501 g/mol. The second-order valence-electron chi connectivity index (χ2n) is 7.30. The Morgan fingerprint density at radius 1 is 1.03 bits per heavy atom. The van der Waals surface area contributed by atoms with Gasteiger partial charge in [0.1, 0.15) is 5.75 Å². The summed E-state index contributed by atoms with van der Waals surface area (Å²) in [6, 6.07) is 16.6. The molecule has 2 aromatic carbocycles. The maximum Gasteiger partial charge on any atom is 0.359 e. The van der Waals surface area contributed by atoms with Crippen LogP contribution in [-0.2, 0) is 9.53 Å². The average molecular weight is 519 g/mol. The Morgan fingerprint density at radius 3 is 2.41 bits per heavy atom. The fourth-order valence-electron chi connectivity index (χ4n) is 3.48. The molecule has 0 saturated heterocycles. The molecule has 0 radical (unpaired) electrons. The molecule has 4 rings (SSSR count). The van der Waals surface area contributed by atoms with Crippen molar-refractivity contribution in [2.45, 2.75) is 12.5 Å². The van der Waals surface area contributed by atoms with Crippen LogP contribution in [0.25, 0.3) is 0 Å². The quantitative estimate of drug-likeness (QED) is 0.398. The summed E-state index contributed by atoms with van der Waals surface area (Å²) in [4.78, 5) is 29.4. The van der Waals surface area contributed by atoms with Crippen LogP contribution in [0.2, 0.25) is 15.1 Å². The van der Waals surface area contributed by atoms with Gasteiger partial charge in [0.15, 0.2) is 12.3 Å². The van der Waals surface area contributed by atoms with Crippen molar-refractivity contribution in [2.24, 2.45) is 5.10 Å². The van der Waals surface area contributed by atoms with Gasteiger partial charge in [-0.3, -0.25) is 4.79 Å². The Labute approximate surface area is 210 Å². The highest BCUT2D eigenvalue weighted by Gasteiger charge is 2.34. The number of benzene rings is 2. The monoisotopic (exact) mass is 517 g/mol. The molecule has 1 amide bonds. The number of hydrogen-bond donors (Lipinski definition) is 0. The van der Waals surface area contributed by atoms with Crippen LogP contribution in [0.4, 0.5) is 0 Å². The predicted molar refractivity (Wildman–Crippen MR) is 130 cm³/mol. The van der Waals surface area contributed by atoms with E-state index >= 15 is 0 Å². The number of carbonyl (C=O) groups excluding carboxylic acids is 2. The van der Waals surface area contributed by atoms with Crippen LogP contribution in [0.1, 0.15) is 34.1 Å².